The molecule has 0 aromatic rings. The van der Waals surface area contributed by atoms with Gasteiger partial charge in [0.05, 0.1) is 0 Å². The third kappa shape index (κ3) is 3.95. The first-order chi connectivity index (χ1) is 8.97. The SMILES string of the molecule is CC(C)C1CC(C[C@@H](C)C2CCN(C)CC2)N(C)C1. The number of hydrogen-bond donors (Lipinski definition) is 0. The second kappa shape index (κ2) is 6.58. The van der Waals surface area contributed by atoms with E-state index in [2.05, 4.69) is 44.7 Å². The number of rotatable bonds is 4. The maximum Gasteiger partial charge on any atom is 0.00981 e. The molecule has 2 nitrogen and oxygen atoms in total. The number of piperidine rings is 1. The van der Waals surface area contributed by atoms with E-state index in [9.17, 15) is 0 Å². The summed E-state index contributed by atoms with van der Waals surface area (Å²) < 4.78 is 0. The first-order valence-electron chi connectivity index (χ1n) is 8.36. The summed E-state index contributed by atoms with van der Waals surface area (Å²) in [5.74, 6) is 3.67. The van der Waals surface area contributed by atoms with Crippen molar-refractivity contribution in [3.63, 3.8) is 0 Å². The van der Waals surface area contributed by atoms with Gasteiger partial charge in [-0.3, -0.25) is 0 Å². The van der Waals surface area contributed by atoms with Crippen molar-refractivity contribution in [2.24, 2.45) is 23.7 Å². The average molecular weight is 266 g/mol. The van der Waals surface area contributed by atoms with Gasteiger partial charge in [-0.2, -0.15) is 0 Å². The van der Waals surface area contributed by atoms with Gasteiger partial charge < -0.3 is 9.80 Å². The third-order valence-electron chi connectivity index (χ3n) is 5.88. The predicted octanol–water partition coefficient (Wildman–Crippen LogP) is 3.33. The Hall–Kier alpha value is -0.0800. The van der Waals surface area contributed by atoms with Crippen LogP contribution in [0, 0.1) is 23.7 Å². The van der Waals surface area contributed by atoms with Crippen LogP contribution in [-0.2, 0) is 0 Å². The van der Waals surface area contributed by atoms with Crippen molar-refractivity contribution in [2.75, 3.05) is 33.7 Å². The molecule has 2 aliphatic heterocycles. The average Bonchev–Trinajstić information content (AvgIpc) is 2.72. The van der Waals surface area contributed by atoms with E-state index in [0.29, 0.717) is 0 Å². The molecule has 0 aliphatic carbocycles. The largest absolute Gasteiger partial charge is 0.306 e. The van der Waals surface area contributed by atoms with Crippen LogP contribution in [0.2, 0.25) is 0 Å². The van der Waals surface area contributed by atoms with Crippen LogP contribution in [0.5, 0.6) is 0 Å². The van der Waals surface area contributed by atoms with Gasteiger partial charge in [-0.05, 0) is 76.5 Å². The molecule has 2 unspecified atom stereocenters. The molecule has 112 valence electrons. The first-order valence-corrected chi connectivity index (χ1v) is 8.36. The number of nitrogens with zero attached hydrogens (tertiary/aromatic N) is 2. The molecular formula is C17H34N2. The van der Waals surface area contributed by atoms with Crippen molar-refractivity contribution < 1.29 is 0 Å². The molecule has 0 bridgehead atoms. The summed E-state index contributed by atoms with van der Waals surface area (Å²) in [6.07, 6.45) is 5.70. The van der Waals surface area contributed by atoms with E-state index in [1.807, 2.05) is 0 Å². The molecule has 19 heavy (non-hydrogen) atoms. The number of likely N-dealkylation sites (tertiary alicyclic amines) is 2. The lowest BCUT2D eigenvalue weighted by Crippen LogP contribution is -2.35. The quantitative estimate of drug-likeness (QED) is 0.770. The van der Waals surface area contributed by atoms with Gasteiger partial charge in [0.2, 0.25) is 0 Å². The highest BCUT2D eigenvalue weighted by Crippen LogP contribution is 2.34. The second-order valence-corrected chi connectivity index (χ2v) is 7.69. The van der Waals surface area contributed by atoms with E-state index in [1.54, 1.807) is 0 Å². The van der Waals surface area contributed by atoms with Crippen molar-refractivity contribution in [1.29, 1.82) is 0 Å². The smallest absolute Gasteiger partial charge is 0.00981 e. The number of hydrogen-bond acceptors (Lipinski definition) is 2. The van der Waals surface area contributed by atoms with Crippen molar-refractivity contribution >= 4 is 0 Å². The fourth-order valence-electron chi connectivity index (χ4n) is 4.10. The van der Waals surface area contributed by atoms with E-state index in [1.165, 1.54) is 45.3 Å². The molecule has 0 N–H and O–H groups in total. The molecule has 2 heterocycles. The standard InChI is InChI=1S/C17H34N2/c1-13(2)16-11-17(19(5)12-16)10-14(3)15-6-8-18(4)9-7-15/h13-17H,6-12H2,1-5H3/t14-,16?,17?/m1/s1. The van der Waals surface area contributed by atoms with Crippen LogP contribution in [0.3, 0.4) is 0 Å². The zero-order valence-electron chi connectivity index (χ0n) is 13.7. The maximum atomic E-state index is 2.64. The monoisotopic (exact) mass is 266 g/mol. The van der Waals surface area contributed by atoms with Gasteiger partial charge in [-0.25, -0.2) is 0 Å². The van der Waals surface area contributed by atoms with Crippen LogP contribution < -0.4 is 0 Å². The fourth-order valence-corrected chi connectivity index (χ4v) is 4.10. The van der Waals surface area contributed by atoms with Gasteiger partial charge in [0, 0.05) is 12.6 Å². The topological polar surface area (TPSA) is 6.48 Å². The Morgan fingerprint density at radius 2 is 1.63 bits per heavy atom. The summed E-state index contributed by atoms with van der Waals surface area (Å²) in [6, 6.07) is 0.849. The van der Waals surface area contributed by atoms with Crippen LogP contribution in [-0.4, -0.2) is 49.6 Å². The van der Waals surface area contributed by atoms with Crippen LogP contribution in [0.25, 0.3) is 0 Å². The first kappa shape index (κ1) is 15.3. The Kier molecular flexibility index (Phi) is 5.30. The zero-order valence-corrected chi connectivity index (χ0v) is 13.7. The highest BCUT2D eigenvalue weighted by Gasteiger charge is 2.33. The van der Waals surface area contributed by atoms with E-state index in [0.717, 1.165) is 29.7 Å². The predicted molar refractivity (Wildman–Crippen MR) is 83.4 cm³/mol. The van der Waals surface area contributed by atoms with Crippen LogP contribution in [0.4, 0.5) is 0 Å². The molecule has 2 rings (SSSR count). The van der Waals surface area contributed by atoms with Gasteiger partial charge in [-0.15, -0.1) is 0 Å². The highest BCUT2D eigenvalue weighted by molar-refractivity contribution is 4.87. The second-order valence-electron chi connectivity index (χ2n) is 7.69. The molecule has 0 spiro atoms. The maximum absolute atomic E-state index is 2.64. The molecule has 0 aromatic heterocycles. The molecule has 0 aromatic carbocycles. The summed E-state index contributed by atoms with van der Waals surface area (Å²) in [4.78, 5) is 5.12. The van der Waals surface area contributed by atoms with Crippen molar-refractivity contribution in [2.45, 2.75) is 52.5 Å². The summed E-state index contributed by atoms with van der Waals surface area (Å²) in [7, 11) is 4.60. The van der Waals surface area contributed by atoms with E-state index < -0.39 is 0 Å². The Labute approximate surface area is 120 Å². The Balaban J connectivity index is 1.80. The summed E-state index contributed by atoms with van der Waals surface area (Å²) in [5.41, 5.74) is 0. The lowest BCUT2D eigenvalue weighted by atomic mass is 9.81. The molecule has 2 aliphatic rings. The summed E-state index contributed by atoms with van der Waals surface area (Å²) in [6.45, 7) is 11.2. The summed E-state index contributed by atoms with van der Waals surface area (Å²) >= 11 is 0. The minimum atomic E-state index is 0.849. The molecular weight excluding hydrogens is 232 g/mol. The molecule has 2 heteroatoms. The molecule has 3 atom stereocenters. The molecule has 2 saturated heterocycles. The van der Waals surface area contributed by atoms with Gasteiger partial charge >= 0.3 is 0 Å². The van der Waals surface area contributed by atoms with E-state index in [4.69, 9.17) is 0 Å². The Bertz CT molecular complexity index is 268. The summed E-state index contributed by atoms with van der Waals surface area (Å²) in [5, 5.41) is 0. The molecule has 2 fully saturated rings. The lowest BCUT2D eigenvalue weighted by molar-refractivity contribution is 0.152. The van der Waals surface area contributed by atoms with Crippen molar-refractivity contribution in [3.05, 3.63) is 0 Å². The molecule has 0 radical (unpaired) electrons. The lowest BCUT2D eigenvalue weighted by Gasteiger charge is -2.34. The van der Waals surface area contributed by atoms with Crippen molar-refractivity contribution in [3.8, 4) is 0 Å². The van der Waals surface area contributed by atoms with Crippen LogP contribution in [0.1, 0.15) is 46.5 Å². The zero-order chi connectivity index (χ0) is 14.0. The van der Waals surface area contributed by atoms with Crippen molar-refractivity contribution in [1.82, 2.24) is 9.80 Å². The fraction of sp³-hybridized carbons (Fsp3) is 1.00. The molecule has 0 saturated carbocycles. The third-order valence-corrected chi connectivity index (χ3v) is 5.88. The minimum Gasteiger partial charge on any atom is -0.306 e. The minimum absolute atomic E-state index is 0.849. The Morgan fingerprint density at radius 1 is 1.00 bits per heavy atom. The molecule has 0 amide bonds. The van der Waals surface area contributed by atoms with Gasteiger partial charge in [0.1, 0.15) is 0 Å². The van der Waals surface area contributed by atoms with Gasteiger partial charge in [-0.1, -0.05) is 20.8 Å². The highest BCUT2D eigenvalue weighted by atomic mass is 15.2. The van der Waals surface area contributed by atoms with E-state index >= 15 is 0 Å². The van der Waals surface area contributed by atoms with Gasteiger partial charge in [0.25, 0.3) is 0 Å². The normalized spacial score (nSPS) is 33.2. The van der Waals surface area contributed by atoms with E-state index in [-0.39, 0.29) is 0 Å². The van der Waals surface area contributed by atoms with Gasteiger partial charge in [0.15, 0.2) is 0 Å². The van der Waals surface area contributed by atoms with Crippen LogP contribution in [0.15, 0.2) is 0 Å². The Morgan fingerprint density at radius 3 is 2.16 bits per heavy atom. The van der Waals surface area contributed by atoms with Crippen LogP contribution >= 0.6 is 0 Å².